The summed E-state index contributed by atoms with van der Waals surface area (Å²) in [6.45, 7) is 0. The van der Waals surface area contributed by atoms with Crippen LogP contribution < -0.4 is 10.1 Å². The van der Waals surface area contributed by atoms with E-state index in [0.717, 1.165) is 23.4 Å². The van der Waals surface area contributed by atoms with E-state index in [9.17, 15) is 13.2 Å². The lowest BCUT2D eigenvalue weighted by atomic mass is 9.99. The van der Waals surface area contributed by atoms with Crippen molar-refractivity contribution in [3.05, 3.63) is 83.7 Å². The third-order valence-electron chi connectivity index (χ3n) is 3.80. The van der Waals surface area contributed by atoms with Crippen molar-refractivity contribution in [2.75, 3.05) is 12.4 Å². The molecular formula is C19H16F3N3O. The van der Waals surface area contributed by atoms with Crippen LogP contribution in [0.4, 0.5) is 19.1 Å². The van der Waals surface area contributed by atoms with E-state index in [1.807, 2.05) is 42.5 Å². The Bertz CT molecular complexity index is 852. The van der Waals surface area contributed by atoms with Crippen molar-refractivity contribution in [2.45, 2.75) is 12.2 Å². The molecule has 3 aromatic rings. The predicted octanol–water partition coefficient (Wildman–Crippen LogP) is 4.71. The topological polar surface area (TPSA) is 47.0 Å². The van der Waals surface area contributed by atoms with Gasteiger partial charge in [0.2, 0.25) is 5.95 Å². The van der Waals surface area contributed by atoms with Gasteiger partial charge in [0.1, 0.15) is 11.4 Å². The van der Waals surface area contributed by atoms with Gasteiger partial charge in [-0.2, -0.15) is 13.2 Å². The van der Waals surface area contributed by atoms with Crippen LogP contribution in [0.3, 0.4) is 0 Å². The van der Waals surface area contributed by atoms with Crippen LogP contribution >= 0.6 is 0 Å². The number of rotatable bonds is 5. The highest BCUT2D eigenvalue weighted by Gasteiger charge is 2.33. The molecule has 0 saturated heterocycles. The van der Waals surface area contributed by atoms with Gasteiger partial charge in [-0.15, -0.1) is 0 Å². The minimum Gasteiger partial charge on any atom is -0.497 e. The van der Waals surface area contributed by atoms with Crippen molar-refractivity contribution < 1.29 is 17.9 Å². The number of methoxy groups -OCH3 is 1. The van der Waals surface area contributed by atoms with E-state index in [2.05, 4.69) is 15.3 Å². The number of anilines is 1. The molecule has 4 nitrogen and oxygen atoms in total. The maximum Gasteiger partial charge on any atom is 0.433 e. The zero-order valence-electron chi connectivity index (χ0n) is 13.9. The molecule has 1 heterocycles. The first kappa shape index (κ1) is 17.7. The van der Waals surface area contributed by atoms with Gasteiger partial charge < -0.3 is 10.1 Å². The molecule has 3 rings (SSSR count). The lowest BCUT2D eigenvalue weighted by Crippen LogP contribution is -2.16. The maximum atomic E-state index is 12.9. The summed E-state index contributed by atoms with van der Waals surface area (Å²) in [5.74, 6) is 0.598. The van der Waals surface area contributed by atoms with E-state index in [0.29, 0.717) is 5.75 Å². The normalized spacial score (nSPS) is 12.5. The highest BCUT2D eigenvalue weighted by molar-refractivity contribution is 5.42. The molecule has 1 unspecified atom stereocenters. The Labute approximate surface area is 148 Å². The van der Waals surface area contributed by atoms with E-state index in [-0.39, 0.29) is 5.95 Å². The average molecular weight is 359 g/mol. The average Bonchev–Trinajstić information content (AvgIpc) is 2.66. The van der Waals surface area contributed by atoms with Gasteiger partial charge in [0.25, 0.3) is 0 Å². The summed E-state index contributed by atoms with van der Waals surface area (Å²) in [5, 5.41) is 3.00. The largest absolute Gasteiger partial charge is 0.497 e. The zero-order chi connectivity index (χ0) is 18.6. The number of ether oxygens (including phenoxy) is 1. The molecule has 0 saturated carbocycles. The van der Waals surface area contributed by atoms with Gasteiger partial charge in [0.05, 0.1) is 13.2 Å². The number of benzene rings is 2. The minimum atomic E-state index is -4.53. The van der Waals surface area contributed by atoms with E-state index >= 15 is 0 Å². The molecule has 2 aromatic carbocycles. The van der Waals surface area contributed by atoms with Crippen molar-refractivity contribution in [2.24, 2.45) is 0 Å². The highest BCUT2D eigenvalue weighted by atomic mass is 19.4. The van der Waals surface area contributed by atoms with Gasteiger partial charge in [-0.3, -0.25) is 0 Å². The quantitative estimate of drug-likeness (QED) is 0.717. The Morgan fingerprint density at radius 3 is 2.19 bits per heavy atom. The van der Waals surface area contributed by atoms with Crippen molar-refractivity contribution in [1.29, 1.82) is 0 Å². The van der Waals surface area contributed by atoms with E-state index in [4.69, 9.17) is 4.74 Å². The second-order valence-electron chi connectivity index (χ2n) is 5.52. The number of halogens is 3. The molecule has 0 bridgehead atoms. The number of hydrogen-bond acceptors (Lipinski definition) is 4. The summed E-state index contributed by atoms with van der Waals surface area (Å²) in [7, 11) is 1.57. The van der Waals surface area contributed by atoms with Gasteiger partial charge in [0, 0.05) is 6.20 Å². The summed E-state index contributed by atoms with van der Waals surface area (Å²) in [6.07, 6.45) is -3.43. The van der Waals surface area contributed by atoms with E-state index in [1.165, 1.54) is 0 Å². The molecule has 0 spiro atoms. The first-order chi connectivity index (χ1) is 12.5. The standard InChI is InChI=1S/C19H16F3N3O/c1-26-15-9-7-14(8-10-15)17(13-5-3-2-4-6-13)25-18-23-12-11-16(24-18)19(20,21)22/h2-12,17H,1H3,(H,23,24,25). The fourth-order valence-electron chi connectivity index (χ4n) is 2.52. The number of aromatic nitrogens is 2. The molecule has 26 heavy (non-hydrogen) atoms. The second-order valence-corrected chi connectivity index (χ2v) is 5.52. The van der Waals surface area contributed by atoms with Crippen molar-refractivity contribution in [3.63, 3.8) is 0 Å². The molecular weight excluding hydrogens is 343 g/mol. The number of hydrogen-bond donors (Lipinski definition) is 1. The lowest BCUT2D eigenvalue weighted by Gasteiger charge is -2.20. The van der Waals surface area contributed by atoms with Crippen LogP contribution in [0.15, 0.2) is 66.9 Å². The molecule has 0 aliphatic carbocycles. The predicted molar refractivity (Wildman–Crippen MR) is 91.9 cm³/mol. The summed E-state index contributed by atoms with van der Waals surface area (Å²) >= 11 is 0. The molecule has 0 amide bonds. The van der Waals surface area contributed by atoms with Crippen LogP contribution in [0.2, 0.25) is 0 Å². The fraction of sp³-hybridized carbons (Fsp3) is 0.158. The first-order valence-electron chi connectivity index (χ1n) is 7.83. The van der Waals surface area contributed by atoms with Crippen LogP contribution in [-0.2, 0) is 6.18 Å². The Hall–Kier alpha value is -3.09. The molecule has 1 aromatic heterocycles. The molecule has 1 N–H and O–H groups in total. The van der Waals surface area contributed by atoms with Crippen LogP contribution in [-0.4, -0.2) is 17.1 Å². The number of alkyl halides is 3. The molecule has 7 heteroatoms. The van der Waals surface area contributed by atoms with Crippen molar-refractivity contribution >= 4 is 5.95 Å². The van der Waals surface area contributed by atoms with Gasteiger partial charge >= 0.3 is 6.18 Å². The second kappa shape index (κ2) is 7.43. The number of nitrogens with one attached hydrogen (secondary N) is 1. The monoisotopic (exact) mass is 359 g/mol. The van der Waals surface area contributed by atoms with Gasteiger partial charge in [-0.25, -0.2) is 9.97 Å². The Balaban J connectivity index is 1.96. The third-order valence-corrected chi connectivity index (χ3v) is 3.80. The molecule has 134 valence electrons. The highest BCUT2D eigenvalue weighted by Crippen LogP contribution is 2.30. The van der Waals surface area contributed by atoms with E-state index < -0.39 is 17.9 Å². The summed E-state index contributed by atoms with van der Waals surface area (Å²) in [6, 6.07) is 17.1. The smallest absolute Gasteiger partial charge is 0.433 e. The first-order valence-corrected chi connectivity index (χ1v) is 7.83. The van der Waals surface area contributed by atoms with Crippen LogP contribution in [0, 0.1) is 0 Å². The van der Waals surface area contributed by atoms with E-state index in [1.54, 1.807) is 19.2 Å². The summed E-state index contributed by atoms with van der Waals surface area (Å²) < 4.78 is 43.9. The minimum absolute atomic E-state index is 0.0931. The molecule has 0 aliphatic rings. The third kappa shape index (κ3) is 4.11. The maximum absolute atomic E-state index is 12.9. The van der Waals surface area contributed by atoms with Gasteiger partial charge in [-0.05, 0) is 29.3 Å². The van der Waals surface area contributed by atoms with Crippen LogP contribution in [0.25, 0.3) is 0 Å². The van der Waals surface area contributed by atoms with Crippen molar-refractivity contribution in [1.82, 2.24) is 9.97 Å². The van der Waals surface area contributed by atoms with Crippen LogP contribution in [0.5, 0.6) is 5.75 Å². The molecule has 1 atom stereocenters. The Kier molecular flexibility index (Phi) is 5.06. The zero-order valence-corrected chi connectivity index (χ0v) is 13.9. The molecule has 0 aliphatic heterocycles. The SMILES string of the molecule is COc1ccc(C(Nc2nccc(C(F)(F)F)n2)c2ccccc2)cc1. The van der Waals surface area contributed by atoms with Crippen molar-refractivity contribution in [3.8, 4) is 5.75 Å². The molecule has 0 fully saturated rings. The van der Waals surface area contributed by atoms with Gasteiger partial charge in [0.15, 0.2) is 0 Å². The molecule has 0 radical (unpaired) electrons. The van der Waals surface area contributed by atoms with Gasteiger partial charge in [-0.1, -0.05) is 42.5 Å². The fourth-order valence-corrected chi connectivity index (χ4v) is 2.52. The Morgan fingerprint density at radius 1 is 0.923 bits per heavy atom. The lowest BCUT2D eigenvalue weighted by molar-refractivity contribution is -0.141. The Morgan fingerprint density at radius 2 is 1.58 bits per heavy atom. The summed E-state index contributed by atoms with van der Waals surface area (Å²) in [4.78, 5) is 7.53. The number of nitrogens with zero attached hydrogens (tertiary/aromatic N) is 2. The summed E-state index contributed by atoms with van der Waals surface area (Å²) in [5.41, 5.74) is 0.730. The van der Waals surface area contributed by atoms with Crippen LogP contribution in [0.1, 0.15) is 22.9 Å².